The van der Waals surface area contributed by atoms with Gasteiger partial charge in [-0.1, -0.05) is 36.4 Å². The van der Waals surface area contributed by atoms with Crippen LogP contribution in [0.4, 0.5) is 0 Å². The number of alkyl halides is 1. The molecule has 2 heterocycles. The van der Waals surface area contributed by atoms with Crippen molar-refractivity contribution in [1.82, 2.24) is 0 Å². The Balaban J connectivity index is 2.00. The first kappa shape index (κ1) is 12.1. The van der Waals surface area contributed by atoms with Gasteiger partial charge in [-0.25, -0.2) is 0 Å². The highest BCUT2D eigenvalue weighted by atomic mass is 127. The number of fused-ring (bicyclic) bond motifs is 1. The molecule has 15 heavy (non-hydrogen) atoms. The summed E-state index contributed by atoms with van der Waals surface area (Å²) in [6, 6.07) is 0. The van der Waals surface area contributed by atoms with E-state index in [0.29, 0.717) is 16.4 Å². The third kappa shape index (κ3) is 2.65. The molecule has 2 fully saturated rings. The molecule has 4 heteroatoms. The minimum Gasteiger partial charge on any atom is -0.372 e. The molecule has 0 aliphatic carbocycles. The Hall–Kier alpha value is 0.610. The maximum atomic E-state index is 6.07. The molecule has 0 saturated carbocycles. The molecule has 0 aromatic carbocycles. The number of rotatable bonds is 2. The van der Waals surface area contributed by atoms with Crippen molar-refractivity contribution in [3.8, 4) is 0 Å². The zero-order chi connectivity index (χ0) is 11.1. The van der Waals surface area contributed by atoms with E-state index in [9.17, 15) is 0 Å². The summed E-state index contributed by atoms with van der Waals surface area (Å²) < 4.78 is 17.9. The summed E-state index contributed by atoms with van der Waals surface area (Å²) in [4.78, 5) is 0. The minimum atomic E-state index is -0.410. The number of hydrogen-bond acceptors (Lipinski definition) is 3. The molecule has 4 atom stereocenters. The average molecular weight is 326 g/mol. The van der Waals surface area contributed by atoms with Crippen LogP contribution in [0.25, 0.3) is 0 Å². The fourth-order valence-corrected chi connectivity index (χ4v) is 3.18. The normalized spacial score (nSPS) is 45.8. The molecule has 0 aromatic heterocycles. The van der Waals surface area contributed by atoms with E-state index >= 15 is 0 Å². The van der Waals surface area contributed by atoms with Gasteiger partial charge in [0, 0.05) is 6.42 Å². The van der Waals surface area contributed by atoms with Gasteiger partial charge in [0.25, 0.3) is 0 Å². The Morgan fingerprint density at radius 1 is 1.40 bits per heavy atom. The van der Waals surface area contributed by atoms with Crippen molar-refractivity contribution >= 4 is 22.6 Å². The third-order valence-corrected chi connectivity index (χ3v) is 3.98. The lowest BCUT2D eigenvalue weighted by atomic mass is 10.0. The Labute approximate surface area is 105 Å². The topological polar surface area (TPSA) is 27.7 Å². The van der Waals surface area contributed by atoms with Gasteiger partial charge in [0.05, 0.1) is 17.1 Å². The van der Waals surface area contributed by atoms with Gasteiger partial charge in [-0.3, -0.25) is 0 Å². The van der Waals surface area contributed by atoms with Crippen LogP contribution in [0.3, 0.4) is 0 Å². The van der Waals surface area contributed by atoms with E-state index in [-0.39, 0.29) is 12.2 Å². The minimum absolute atomic E-state index is 0.145. The third-order valence-electron chi connectivity index (χ3n) is 2.91. The SMILES string of the molecule is CC(C)CC1(C)OC[C@H]2OC[C@H](I)[C@H]2O1. The highest BCUT2D eigenvalue weighted by Crippen LogP contribution is 2.36. The maximum Gasteiger partial charge on any atom is 0.166 e. The van der Waals surface area contributed by atoms with Crippen LogP contribution in [0.15, 0.2) is 0 Å². The second-order valence-corrected chi connectivity index (χ2v) is 6.61. The lowest BCUT2D eigenvalue weighted by molar-refractivity contribution is -0.306. The zero-order valence-corrected chi connectivity index (χ0v) is 11.7. The van der Waals surface area contributed by atoms with Crippen LogP contribution >= 0.6 is 22.6 Å². The van der Waals surface area contributed by atoms with Gasteiger partial charge in [-0.2, -0.15) is 0 Å². The lowest BCUT2D eigenvalue weighted by Crippen LogP contribution is -2.51. The van der Waals surface area contributed by atoms with Crippen LogP contribution in [0.5, 0.6) is 0 Å². The molecule has 0 radical (unpaired) electrons. The average Bonchev–Trinajstić information content (AvgIpc) is 2.46. The highest BCUT2D eigenvalue weighted by molar-refractivity contribution is 14.1. The summed E-state index contributed by atoms with van der Waals surface area (Å²) in [5.41, 5.74) is 0. The van der Waals surface area contributed by atoms with Crippen LogP contribution in [-0.4, -0.2) is 35.1 Å². The van der Waals surface area contributed by atoms with E-state index in [1.54, 1.807) is 0 Å². The summed E-state index contributed by atoms with van der Waals surface area (Å²) in [7, 11) is 0. The molecular weight excluding hydrogens is 307 g/mol. The van der Waals surface area contributed by atoms with Crippen molar-refractivity contribution in [3.63, 3.8) is 0 Å². The van der Waals surface area contributed by atoms with Crippen LogP contribution in [0.1, 0.15) is 27.2 Å². The lowest BCUT2D eigenvalue weighted by Gasteiger charge is -2.41. The van der Waals surface area contributed by atoms with Crippen LogP contribution in [0, 0.1) is 5.92 Å². The fourth-order valence-electron chi connectivity index (χ4n) is 2.36. The Morgan fingerprint density at radius 3 is 2.80 bits per heavy atom. The summed E-state index contributed by atoms with van der Waals surface area (Å²) in [5, 5.41) is 0. The zero-order valence-electron chi connectivity index (χ0n) is 9.53. The van der Waals surface area contributed by atoms with Gasteiger partial charge in [0.15, 0.2) is 5.79 Å². The van der Waals surface area contributed by atoms with Gasteiger partial charge in [0.2, 0.25) is 0 Å². The number of ether oxygens (including phenoxy) is 3. The first-order chi connectivity index (χ1) is 7.00. The van der Waals surface area contributed by atoms with E-state index in [0.717, 1.165) is 13.0 Å². The van der Waals surface area contributed by atoms with Crippen molar-refractivity contribution in [2.75, 3.05) is 13.2 Å². The van der Waals surface area contributed by atoms with Crippen molar-refractivity contribution in [2.45, 2.75) is 49.1 Å². The predicted molar refractivity (Wildman–Crippen MR) is 66.2 cm³/mol. The molecule has 88 valence electrons. The van der Waals surface area contributed by atoms with Gasteiger partial charge in [-0.05, 0) is 12.8 Å². The standard InChI is InChI=1S/C11H19IO3/c1-7(2)4-11(3)14-6-9-10(15-11)8(12)5-13-9/h7-10H,4-6H2,1-3H3/t8-,9+,10+,11?/m0/s1. The van der Waals surface area contributed by atoms with Crippen LogP contribution in [0.2, 0.25) is 0 Å². The molecule has 3 nitrogen and oxygen atoms in total. The summed E-state index contributed by atoms with van der Waals surface area (Å²) >= 11 is 2.41. The van der Waals surface area contributed by atoms with E-state index in [1.807, 2.05) is 6.92 Å². The first-order valence-electron chi connectivity index (χ1n) is 5.57. The first-order valence-corrected chi connectivity index (χ1v) is 6.82. The van der Waals surface area contributed by atoms with Gasteiger partial charge in [-0.15, -0.1) is 0 Å². The molecule has 2 aliphatic heterocycles. The molecule has 0 aromatic rings. The largest absolute Gasteiger partial charge is 0.372 e. The second kappa shape index (κ2) is 4.47. The predicted octanol–water partition coefficient (Wildman–Crippen LogP) is 2.37. The number of hydrogen-bond donors (Lipinski definition) is 0. The Morgan fingerprint density at radius 2 is 2.13 bits per heavy atom. The van der Waals surface area contributed by atoms with Crippen LogP contribution < -0.4 is 0 Å². The Bertz CT molecular complexity index is 234. The Kier molecular flexibility index (Phi) is 3.60. The summed E-state index contributed by atoms with van der Waals surface area (Å²) in [6.07, 6.45) is 1.30. The van der Waals surface area contributed by atoms with E-state index in [4.69, 9.17) is 14.2 Å². The quantitative estimate of drug-likeness (QED) is 0.576. The van der Waals surface area contributed by atoms with Crippen molar-refractivity contribution in [2.24, 2.45) is 5.92 Å². The smallest absolute Gasteiger partial charge is 0.166 e. The monoisotopic (exact) mass is 326 g/mol. The summed E-state index contributed by atoms with van der Waals surface area (Å²) in [6.45, 7) is 7.89. The fraction of sp³-hybridized carbons (Fsp3) is 1.00. The number of halogens is 1. The molecule has 0 bridgehead atoms. The molecule has 0 amide bonds. The van der Waals surface area contributed by atoms with E-state index in [2.05, 4.69) is 36.4 Å². The molecule has 2 rings (SSSR count). The van der Waals surface area contributed by atoms with E-state index in [1.165, 1.54) is 0 Å². The van der Waals surface area contributed by atoms with Crippen LogP contribution in [-0.2, 0) is 14.2 Å². The second-order valence-electron chi connectivity index (χ2n) is 5.01. The molecule has 0 spiro atoms. The van der Waals surface area contributed by atoms with Gasteiger partial charge in [0.1, 0.15) is 12.2 Å². The molecule has 2 saturated heterocycles. The molecular formula is C11H19IO3. The summed E-state index contributed by atoms with van der Waals surface area (Å²) in [5.74, 6) is 0.174. The van der Waals surface area contributed by atoms with Crippen molar-refractivity contribution in [1.29, 1.82) is 0 Å². The highest BCUT2D eigenvalue weighted by Gasteiger charge is 2.46. The van der Waals surface area contributed by atoms with E-state index < -0.39 is 5.79 Å². The van der Waals surface area contributed by atoms with Gasteiger partial charge >= 0.3 is 0 Å². The maximum absolute atomic E-state index is 6.07. The van der Waals surface area contributed by atoms with Crippen molar-refractivity contribution in [3.05, 3.63) is 0 Å². The van der Waals surface area contributed by atoms with Crippen molar-refractivity contribution < 1.29 is 14.2 Å². The molecule has 1 unspecified atom stereocenters. The van der Waals surface area contributed by atoms with Gasteiger partial charge < -0.3 is 14.2 Å². The molecule has 0 N–H and O–H groups in total. The molecule has 2 aliphatic rings.